The number of halogens is 2. The Hall–Kier alpha value is -2.57. The molecule has 2 rings (SSSR count). The number of hydrogen-bond acceptors (Lipinski definition) is 4. The second-order valence-corrected chi connectivity index (χ2v) is 5.93. The Morgan fingerprint density at radius 3 is 2.38 bits per heavy atom. The Labute approximate surface area is 161 Å². The average Bonchev–Trinajstić information content (AvgIpc) is 2.63. The van der Waals surface area contributed by atoms with E-state index in [0.717, 1.165) is 5.56 Å². The van der Waals surface area contributed by atoms with Crippen molar-refractivity contribution in [3.8, 4) is 5.75 Å². The van der Waals surface area contributed by atoms with E-state index in [0.29, 0.717) is 28.0 Å². The van der Waals surface area contributed by atoms with Gasteiger partial charge in [0.05, 0.1) is 22.9 Å². The van der Waals surface area contributed by atoms with Crippen LogP contribution in [0, 0.1) is 0 Å². The first kappa shape index (κ1) is 19.8. The van der Waals surface area contributed by atoms with Crippen LogP contribution in [0.25, 0.3) is 0 Å². The van der Waals surface area contributed by atoms with E-state index in [4.69, 9.17) is 27.9 Å². The fraction of sp³-hybridized carbons (Fsp3) is 0.167. The molecule has 0 aliphatic heterocycles. The van der Waals surface area contributed by atoms with Gasteiger partial charge in [-0.05, 0) is 30.2 Å². The van der Waals surface area contributed by atoms with Crippen LogP contribution >= 0.6 is 23.2 Å². The van der Waals surface area contributed by atoms with Crippen molar-refractivity contribution in [2.45, 2.75) is 13.5 Å². The molecule has 0 aromatic heterocycles. The molecule has 2 aromatic carbocycles. The Balaban J connectivity index is 1.89. The number of hydrazone groups is 1. The fourth-order valence-corrected chi connectivity index (χ4v) is 2.62. The van der Waals surface area contributed by atoms with Gasteiger partial charge in [0.15, 0.2) is 5.75 Å². The first-order chi connectivity index (χ1) is 12.5. The Morgan fingerprint density at radius 1 is 1.12 bits per heavy atom. The first-order valence-electron chi connectivity index (χ1n) is 7.78. The number of rotatable bonds is 6. The summed E-state index contributed by atoms with van der Waals surface area (Å²) >= 11 is 12.2. The van der Waals surface area contributed by atoms with Crippen LogP contribution in [0.5, 0.6) is 5.75 Å². The van der Waals surface area contributed by atoms with Crippen LogP contribution in [-0.4, -0.2) is 24.6 Å². The summed E-state index contributed by atoms with van der Waals surface area (Å²) in [5, 5.41) is 6.89. The van der Waals surface area contributed by atoms with Crippen LogP contribution < -0.4 is 15.5 Å². The molecule has 2 aromatic rings. The maximum absolute atomic E-state index is 11.7. The lowest BCUT2D eigenvalue weighted by molar-refractivity contribution is -0.139. The lowest BCUT2D eigenvalue weighted by Gasteiger charge is -2.08. The number of nitrogens with zero attached hydrogens (tertiary/aromatic N) is 1. The number of carbonyl (C=O) groups excluding carboxylic acids is 2. The normalized spacial score (nSPS) is 10.6. The molecular formula is C18H17Cl2N3O3. The molecule has 0 bridgehead atoms. The Kier molecular flexibility index (Phi) is 7.44. The van der Waals surface area contributed by atoms with Crippen LogP contribution in [0.1, 0.15) is 18.1 Å². The highest BCUT2D eigenvalue weighted by atomic mass is 35.5. The van der Waals surface area contributed by atoms with Crippen LogP contribution in [0.3, 0.4) is 0 Å². The molecule has 0 fully saturated rings. The average molecular weight is 394 g/mol. The van der Waals surface area contributed by atoms with E-state index < -0.39 is 11.8 Å². The minimum absolute atomic E-state index is 0.251. The fourth-order valence-electron chi connectivity index (χ4n) is 2.01. The summed E-state index contributed by atoms with van der Waals surface area (Å²) in [5.41, 5.74) is 3.58. The predicted octanol–water partition coefficient (Wildman–Crippen LogP) is 3.16. The third-order valence-electron chi connectivity index (χ3n) is 3.19. The van der Waals surface area contributed by atoms with E-state index in [1.165, 1.54) is 6.21 Å². The maximum Gasteiger partial charge on any atom is 0.329 e. The monoisotopic (exact) mass is 393 g/mol. The summed E-state index contributed by atoms with van der Waals surface area (Å²) < 4.78 is 5.33. The summed E-state index contributed by atoms with van der Waals surface area (Å²) in [6.45, 7) is 2.50. The second-order valence-electron chi connectivity index (χ2n) is 5.11. The van der Waals surface area contributed by atoms with Gasteiger partial charge in [-0.15, -0.1) is 0 Å². The molecule has 0 unspecified atom stereocenters. The summed E-state index contributed by atoms with van der Waals surface area (Å²) in [7, 11) is 0. The number of benzene rings is 2. The zero-order valence-electron chi connectivity index (χ0n) is 14.0. The number of carbonyl (C=O) groups is 2. The molecule has 0 radical (unpaired) electrons. The van der Waals surface area contributed by atoms with Crippen molar-refractivity contribution in [2.24, 2.45) is 5.10 Å². The number of hydrogen-bond donors (Lipinski definition) is 2. The van der Waals surface area contributed by atoms with E-state index in [2.05, 4.69) is 15.8 Å². The third-order valence-corrected chi connectivity index (χ3v) is 3.75. The molecule has 0 saturated heterocycles. The van der Waals surface area contributed by atoms with E-state index in [1.807, 2.05) is 37.3 Å². The molecule has 136 valence electrons. The minimum Gasteiger partial charge on any atom is -0.491 e. The highest BCUT2D eigenvalue weighted by Crippen LogP contribution is 2.33. The van der Waals surface area contributed by atoms with Gasteiger partial charge in [0, 0.05) is 6.54 Å². The molecule has 26 heavy (non-hydrogen) atoms. The van der Waals surface area contributed by atoms with Crippen molar-refractivity contribution >= 4 is 41.2 Å². The van der Waals surface area contributed by atoms with Gasteiger partial charge in [-0.2, -0.15) is 5.10 Å². The zero-order chi connectivity index (χ0) is 18.9. The van der Waals surface area contributed by atoms with E-state index in [9.17, 15) is 9.59 Å². The molecule has 0 spiro atoms. The highest BCUT2D eigenvalue weighted by molar-refractivity contribution is 6.37. The SMILES string of the molecule is CCOc1c(Cl)cc(/C=N\NC(=O)C(=O)NCc2ccccc2)cc1Cl. The summed E-state index contributed by atoms with van der Waals surface area (Å²) in [4.78, 5) is 23.4. The number of amides is 2. The minimum atomic E-state index is -0.875. The smallest absolute Gasteiger partial charge is 0.329 e. The maximum atomic E-state index is 11.7. The standard InChI is InChI=1S/C18H17Cl2N3O3/c1-2-26-16-14(19)8-13(9-15(16)20)11-22-23-18(25)17(24)21-10-12-6-4-3-5-7-12/h3-9,11H,2,10H2,1H3,(H,21,24)(H,23,25)/b22-11-. The molecule has 0 saturated carbocycles. The molecule has 0 heterocycles. The first-order valence-corrected chi connectivity index (χ1v) is 8.54. The highest BCUT2D eigenvalue weighted by Gasteiger charge is 2.12. The van der Waals surface area contributed by atoms with Gasteiger partial charge in [-0.3, -0.25) is 9.59 Å². The quantitative estimate of drug-likeness (QED) is 0.449. The van der Waals surface area contributed by atoms with Gasteiger partial charge in [0.1, 0.15) is 0 Å². The second kappa shape index (κ2) is 9.79. The lowest BCUT2D eigenvalue weighted by atomic mass is 10.2. The summed E-state index contributed by atoms with van der Waals surface area (Å²) in [6, 6.07) is 12.4. The molecule has 8 heteroatoms. The molecule has 0 aliphatic rings. The van der Waals surface area contributed by atoms with Crippen molar-refractivity contribution < 1.29 is 14.3 Å². The van der Waals surface area contributed by atoms with Crippen LogP contribution in [0.2, 0.25) is 10.0 Å². The largest absolute Gasteiger partial charge is 0.491 e. The van der Waals surface area contributed by atoms with Crippen LogP contribution in [0.4, 0.5) is 0 Å². The summed E-state index contributed by atoms with van der Waals surface area (Å²) in [5.74, 6) is -1.27. The van der Waals surface area contributed by atoms with Gasteiger partial charge in [0.2, 0.25) is 0 Å². The van der Waals surface area contributed by atoms with Crippen molar-refractivity contribution in [1.82, 2.24) is 10.7 Å². The number of ether oxygens (including phenoxy) is 1. The van der Waals surface area contributed by atoms with Gasteiger partial charge < -0.3 is 10.1 Å². The molecular weight excluding hydrogens is 377 g/mol. The van der Waals surface area contributed by atoms with Gasteiger partial charge >= 0.3 is 11.8 Å². The predicted molar refractivity (Wildman–Crippen MR) is 102 cm³/mol. The Morgan fingerprint density at radius 2 is 1.77 bits per heavy atom. The third kappa shape index (κ3) is 5.75. The van der Waals surface area contributed by atoms with Crippen molar-refractivity contribution in [2.75, 3.05) is 6.61 Å². The molecule has 0 atom stereocenters. The van der Waals surface area contributed by atoms with Gasteiger partial charge in [-0.25, -0.2) is 5.43 Å². The molecule has 6 nitrogen and oxygen atoms in total. The van der Waals surface area contributed by atoms with E-state index in [1.54, 1.807) is 12.1 Å². The van der Waals surface area contributed by atoms with Crippen molar-refractivity contribution in [3.63, 3.8) is 0 Å². The molecule has 2 N–H and O–H groups in total. The number of nitrogens with one attached hydrogen (secondary N) is 2. The molecule has 0 aliphatic carbocycles. The topological polar surface area (TPSA) is 79.8 Å². The Bertz CT molecular complexity index is 788. The van der Waals surface area contributed by atoms with E-state index in [-0.39, 0.29) is 6.54 Å². The van der Waals surface area contributed by atoms with E-state index >= 15 is 0 Å². The van der Waals surface area contributed by atoms with Gasteiger partial charge in [-0.1, -0.05) is 53.5 Å². The molecule has 2 amide bonds. The lowest BCUT2D eigenvalue weighted by Crippen LogP contribution is -2.37. The zero-order valence-corrected chi connectivity index (χ0v) is 15.5. The van der Waals surface area contributed by atoms with Crippen LogP contribution in [-0.2, 0) is 16.1 Å². The van der Waals surface area contributed by atoms with Crippen molar-refractivity contribution in [3.05, 3.63) is 63.6 Å². The summed E-state index contributed by atoms with van der Waals surface area (Å²) in [6.07, 6.45) is 1.33. The van der Waals surface area contributed by atoms with Crippen LogP contribution in [0.15, 0.2) is 47.6 Å². The van der Waals surface area contributed by atoms with Crippen molar-refractivity contribution in [1.29, 1.82) is 0 Å². The van der Waals surface area contributed by atoms with Gasteiger partial charge in [0.25, 0.3) is 0 Å².